The molecule has 0 unspecified atom stereocenters. The van der Waals surface area contributed by atoms with Crippen molar-refractivity contribution in [2.75, 3.05) is 6.54 Å². The van der Waals surface area contributed by atoms with Gasteiger partial charge in [0.15, 0.2) is 0 Å². The molecule has 3 heteroatoms. The van der Waals surface area contributed by atoms with E-state index in [1.807, 2.05) is 0 Å². The molecule has 0 aromatic heterocycles. The molecule has 1 aliphatic rings. The Labute approximate surface area is 268 Å². The summed E-state index contributed by atoms with van der Waals surface area (Å²) in [5.74, 6) is 75.2. The van der Waals surface area contributed by atoms with Crippen molar-refractivity contribution in [1.29, 1.82) is 0 Å². The van der Waals surface area contributed by atoms with Gasteiger partial charge in [0.1, 0.15) is 0 Å². The third kappa shape index (κ3) is 26.3. The average Bonchev–Trinajstić information content (AvgIpc) is 3.33. The minimum absolute atomic E-state index is 0.156. The van der Waals surface area contributed by atoms with Gasteiger partial charge in [0.25, 0.3) is 11.8 Å². The first-order valence-electron chi connectivity index (χ1n) is 12.7. The molecular formula is C42H21NO2. The second kappa shape index (κ2) is 26.5. The van der Waals surface area contributed by atoms with Crippen LogP contribution in [-0.4, -0.2) is 23.3 Å². The lowest BCUT2D eigenvalue weighted by molar-refractivity contribution is -0.137. The van der Waals surface area contributed by atoms with Crippen LogP contribution in [0.15, 0.2) is 12.2 Å². The smallest absolute Gasteiger partial charge is 0.253 e. The Morgan fingerprint density at radius 1 is 0.422 bits per heavy atom. The minimum Gasteiger partial charge on any atom is -0.275 e. The van der Waals surface area contributed by atoms with Gasteiger partial charge in [-0.3, -0.25) is 14.5 Å². The van der Waals surface area contributed by atoms with E-state index in [-0.39, 0.29) is 17.2 Å². The van der Waals surface area contributed by atoms with Gasteiger partial charge >= 0.3 is 0 Å². The van der Waals surface area contributed by atoms with E-state index in [0.29, 0.717) is 6.54 Å². The number of imide groups is 1. The highest BCUT2D eigenvalue weighted by atomic mass is 16.2. The lowest BCUT2D eigenvalue weighted by Gasteiger charge is -2.21. The van der Waals surface area contributed by atoms with Crippen LogP contribution in [0.4, 0.5) is 0 Å². The van der Waals surface area contributed by atoms with Crippen molar-refractivity contribution in [3.8, 4) is 178 Å². The van der Waals surface area contributed by atoms with Crippen LogP contribution in [0, 0.1) is 183 Å². The molecule has 0 aromatic carbocycles. The fourth-order valence-corrected chi connectivity index (χ4v) is 2.04. The summed E-state index contributed by atoms with van der Waals surface area (Å²) in [5, 5.41) is 0. The van der Waals surface area contributed by atoms with Crippen molar-refractivity contribution < 1.29 is 9.59 Å². The molecule has 1 heterocycles. The largest absolute Gasteiger partial charge is 0.275 e. The standard InChI is InChI=1S/C32H6.C10H15NO2/c1-3-5-7-9-11-13-15-17-19-21-23-25-27-29-31-32-30-28-26-24-22-20-18-16-14-12-10-8-6-4-2;1-10(2,3)6-7-11-8(12)4-5-9(11)13/h1-2H3;4-5H,6-7H2,1-3H3. The van der Waals surface area contributed by atoms with Gasteiger partial charge in [-0.15, -0.1) is 0 Å². The summed E-state index contributed by atoms with van der Waals surface area (Å²) in [4.78, 5) is 23.5. The van der Waals surface area contributed by atoms with Gasteiger partial charge in [0.05, 0.1) is 0 Å². The molecule has 45 heavy (non-hydrogen) atoms. The maximum Gasteiger partial charge on any atom is 0.253 e. The summed E-state index contributed by atoms with van der Waals surface area (Å²) in [7, 11) is 0. The SMILES string of the molecule is CC#CC#CC#CC#CC#CC#CC#CC#CC#CC#CC#CC#CC#CC#CC#CC.CC(C)(C)CCN1C(=O)C=CC1=O. The summed E-state index contributed by atoms with van der Waals surface area (Å²) in [5.41, 5.74) is 0.156. The molecule has 1 rings (SSSR count). The normalized spacial score (nSPS) is 7.80. The molecule has 0 saturated carbocycles. The van der Waals surface area contributed by atoms with Gasteiger partial charge in [-0.25, -0.2) is 0 Å². The van der Waals surface area contributed by atoms with E-state index in [4.69, 9.17) is 0 Å². The highest BCUT2D eigenvalue weighted by Gasteiger charge is 2.24. The zero-order valence-electron chi connectivity index (χ0n) is 25.3. The molecule has 0 N–H and O–H groups in total. The van der Waals surface area contributed by atoms with Gasteiger partial charge in [0, 0.05) is 89.7 Å². The lowest BCUT2D eigenvalue weighted by atomic mass is 9.92. The Kier molecular flexibility index (Phi) is 22.0. The highest BCUT2D eigenvalue weighted by Crippen LogP contribution is 2.19. The van der Waals surface area contributed by atoms with Crippen LogP contribution in [0.5, 0.6) is 0 Å². The van der Waals surface area contributed by atoms with Crippen molar-refractivity contribution in [3.05, 3.63) is 12.2 Å². The first-order chi connectivity index (χ1) is 21.8. The summed E-state index contributed by atoms with van der Waals surface area (Å²) in [6, 6.07) is 0. The highest BCUT2D eigenvalue weighted by molar-refractivity contribution is 6.12. The van der Waals surface area contributed by atoms with Crippen LogP contribution in [0.1, 0.15) is 41.0 Å². The molecule has 2 amide bonds. The number of carbonyl (C=O) groups excluding carboxylic acids is 2. The van der Waals surface area contributed by atoms with E-state index in [1.165, 1.54) is 17.1 Å². The van der Waals surface area contributed by atoms with Gasteiger partial charge < -0.3 is 0 Å². The maximum absolute atomic E-state index is 11.1. The predicted molar refractivity (Wildman–Crippen MR) is 178 cm³/mol. The van der Waals surface area contributed by atoms with Crippen LogP contribution < -0.4 is 0 Å². The quantitative estimate of drug-likeness (QED) is 0.377. The molecule has 0 radical (unpaired) electrons. The van der Waals surface area contributed by atoms with E-state index in [0.717, 1.165) is 6.42 Å². The fraction of sp³-hybridized carbons (Fsp3) is 0.190. The van der Waals surface area contributed by atoms with Crippen molar-refractivity contribution >= 4 is 11.8 Å². The molecule has 0 saturated heterocycles. The maximum atomic E-state index is 11.1. The fourth-order valence-electron chi connectivity index (χ4n) is 2.04. The lowest BCUT2D eigenvalue weighted by Crippen LogP contribution is -2.32. The molecule has 0 fully saturated rings. The zero-order chi connectivity index (χ0) is 33.3. The topological polar surface area (TPSA) is 37.4 Å². The Morgan fingerprint density at radius 2 is 0.622 bits per heavy atom. The number of amides is 2. The summed E-state index contributed by atoms with van der Waals surface area (Å²) in [6.45, 7) is 10.2. The Bertz CT molecular complexity index is 2030. The zero-order valence-corrected chi connectivity index (χ0v) is 25.3. The van der Waals surface area contributed by atoms with E-state index in [9.17, 15) is 9.59 Å². The minimum atomic E-state index is -0.186. The molecule has 0 bridgehead atoms. The van der Waals surface area contributed by atoms with E-state index < -0.39 is 0 Å². The molecule has 206 valence electrons. The second-order valence-corrected chi connectivity index (χ2v) is 8.47. The van der Waals surface area contributed by atoms with Crippen molar-refractivity contribution in [2.24, 2.45) is 5.41 Å². The first kappa shape index (κ1) is 37.3. The number of rotatable bonds is 2. The monoisotopic (exact) mass is 571 g/mol. The molecule has 3 nitrogen and oxygen atoms in total. The van der Waals surface area contributed by atoms with E-state index >= 15 is 0 Å². The summed E-state index contributed by atoms with van der Waals surface area (Å²) >= 11 is 0. The number of carbonyl (C=O) groups is 2. The van der Waals surface area contributed by atoms with Gasteiger partial charge in [-0.05, 0) is 120 Å². The Balaban J connectivity index is 0.00000123. The van der Waals surface area contributed by atoms with Crippen molar-refractivity contribution in [3.63, 3.8) is 0 Å². The number of hydrogen-bond acceptors (Lipinski definition) is 2. The Morgan fingerprint density at radius 3 is 0.800 bits per heavy atom. The summed E-state index contributed by atoms with van der Waals surface area (Å²) < 4.78 is 0. The van der Waals surface area contributed by atoms with Gasteiger partial charge in [0.2, 0.25) is 0 Å². The van der Waals surface area contributed by atoms with Gasteiger partial charge in [-0.1, -0.05) is 32.6 Å². The third-order valence-corrected chi connectivity index (χ3v) is 3.92. The first-order valence-corrected chi connectivity index (χ1v) is 12.7. The third-order valence-electron chi connectivity index (χ3n) is 3.92. The van der Waals surface area contributed by atoms with Crippen LogP contribution in [0.25, 0.3) is 0 Å². The molecule has 1 aliphatic heterocycles. The van der Waals surface area contributed by atoms with Crippen LogP contribution in [0.2, 0.25) is 0 Å². The molecule has 0 aromatic rings. The molecular weight excluding hydrogens is 550 g/mol. The summed E-state index contributed by atoms with van der Waals surface area (Å²) in [6.07, 6.45) is 3.49. The average molecular weight is 572 g/mol. The van der Waals surface area contributed by atoms with Crippen molar-refractivity contribution in [1.82, 2.24) is 4.90 Å². The molecule has 0 atom stereocenters. The van der Waals surface area contributed by atoms with Crippen LogP contribution in [-0.2, 0) is 9.59 Å². The van der Waals surface area contributed by atoms with Crippen molar-refractivity contribution in [2.45, 2.75) is 41.0 Å². The van der Waals surface area contributed by atoms with Gasteiger partial charge in [-0.2, -0.15) is 0 Å². The van der Waals surface area contributed by atoms with E-state index in [2.05, 4.69) is 198 Å². The molecule has 0 aliphatic carbocycles. The number of hydrogen-bond donors (Lipinski definition) is 0. The second-order valence-electron chi connectivity index (χ2n) is 8.47. The van der Waals surface area contributed by atoms with Crippen LogP contribution in [0.3, 0.4) is 0 Å². The number of nitrogens with zero attached hydrogens (tertiary/aromatic N) is 1. The molecule has 0 spiro atoms. The van der Waals surface area contributed by atoms with E-state index in [1.54, 1.807) is 13.8 Å². The predicted octanol–water partition coefficient (Wildman–Crippen LogP) is 2.42. The Hall–Kier alpha value is -7.72. The van der Waals surface area contributed by atoms with Crippen LogP contribution >= 0.6 is 0 Å².